The summed E-state index contributed by atoms with van der Waals surface area (Å²) in [4.78, 5) is 0. The minimum atomic E-state index is -0.640. The van der Waals surface area contributed by atoms with Gasteiger partial charge in [-0.3, -0.25) is 5.43 Å². The molecule has 0 heterocycles. The lowest BCUT2D eigenvalue weighted by Crippen LogP contribution is -2.26. The van der Waals surface area contributed by atoms with Crippen molar-refractivity contribution >= 4 is 11.4 Å². The van der Waals surface area contributed by atoms with Gasteiger partial charge in [0.2, 0.25) is 0 Å². The highest BCUT2D eigenvalue weighted by Crippen LogP contribution is 2.11. The Hall–Kier alpha value is -2.91. The van der Waals surface area contributed by atoms with Gasteiger partial charge in [0.15, 0.2) is 0 Å². The van der Waals surface area contributed by atoms with Crippen LogP contribution >= 0.6 is 0 Å². The number of hydrogen-bond acceptors (Lipinski definition) is 3. The van der Waals surface area contributed by atoms with Crippen LogP contribution in [0.4, 0.5) is 5.69 Å². The van der Waals surface area contributed by atoms with Gasteiger partial charge in [0.1, 0.15) is 0 Å². The molecular formula is C22H22N2O. The van der Waals surface area contributed by atoms with Gasteiger partial charge in [-0.05, 0) is 23.3 Å². The van der Waals surface area contributed by atoms with E-state index >= 15 is 0 Å². The Labute approximate surface area is 148 Å². The monoisotopic (exact) mass is 330 g/mol. The molecule has 3 aromatic carbocycles. The zero-order valence-electron chi connectivity index (χ0n) is 14.0. The second-order valence-electron chi connectivity index (χ2n) is 5.95. The molecule has 126 valence electrons. The number of para-hydroxylation sites is 1. The van der Waals surface area contributed by atoms with E-state index in [0.717, 1.165) is 22.5 Å². The fraction of sp³-hybridized carbons (Fsp3) is 0.136. The van der Waals surface area contributed by atoms with Crippen molar-refractivity contribution in [1.29, 1.82) is 0 Å². The predicted octanol–water partition coefficient (Wildman–Crippen LogP) is 4.30. The lowest BCUT2D eigenvalue weighted by Gasteiger charge is -2.15. The summed E-state index contributed by atoms with van der Waals surface area (Å²) < 4.78 is 0. The average Bonchev–Trinajstić information content (AvgIpc) is 2.67. The van der Waals surface area contributed by atoms with Crippen molar-refractivity contribution in [3.05, 3.63) is 102 Å². The van der Waals surface area contributed by atoms with Gasteiger partial charge in [-0.25, -0.2) is 0 Å². The molecule has 0 unspecified atom stereocenters. The summed E-state index contributed by atoms with van der Waals surface area (Å²) in [5.41, 5.74) is 6.90. The molecule has 3 nitrogen and oxygen atoms in total. The molecule has 25 heavy (non-hydrogen) atoms. The summed E-state index contributed by atoms with van der Waals surface area (Å²) in [7, 11) is 0. The maximum Gasteiger partial charge on any atom is 0.0982 e. The van der Waals surface area contributed by atoms with Gasteiger partial charge in [-0.15, -0.1) is 0 Å². The molecule has 1 atom stereocenters. The predicted molar refractivity (Wildman–Crippen MR) is 104 cm³/mol. The summed E-state index contributed by atoms with van der Waals surface area (Å²) in [6.45, 7) is 0. The van der Waals surface area contributed by atoms with Gasteiger partial charge in [-0.2, -0.15) is 5.10 Å². The van der Waals surface area contributed by atoms with Gasteiger partial charge < -0.3 is 5.11 Å². The van der Waals surface area contributed by atoms with E-state index in [9.17, 15) is 5.11 Å². The number of hydrazone groups is 1. The Balaban J connectivity index is 1.77. The number of hydrogen-bond donors (Lipinski definition) is 2. The molecular weight excluding hydrogens is 308 g/mol. The first-order valence-corrected chi connectivity index (χ1v) is 8.45. The molecule has 0 fully saturated rings. The van der Waals surface area contributed by atoms with E-state index in [1.165, 1.54) is 0 Å². The SMILES string of the molecule is O[C@H](Cc1ccccc1)/C(Cc1ccccc1)=N\Nc1ccccc1. The standard InChI is InChI=1S/C22H22N2O/c25-22(17-19-12-6-2-7-13-19)21(16-18-10-4-1-5-11-18)24-23-20-14-8-3-9-15-20/h1-15,22-23,25H,16-17H2/b24-21-/t22-/m1/s1. The Morgan fingerprint density at radius 2 is 1.28 bits per heavy atom. The molecule has 0 amide bonds. The first-order valence-electron chi connectivity index (χ1n) is 8.45. The second kappa shape index (κ2) is 8.81. The highest BCUT2D eigenvalue weighted by Gasteiger charge is 2.14. The molecule has 0 saturated heterocycles. The molecule has 0 radical (unpaired) electrons. The smallest absolute Gasteiger partial charge is 0.0982 e. The van der Waals surface area contributed by atoms with E-state index < -0.39 is 6.10 Å². The summed E-state index contributed by atoms with van der Waals surface area (Å²) in [6, 6.07) is 29.9. The topological polar surface area (TPSA) is 44.6 Å². The molecule has 3 rings (SSSR count). The van der Waals surface area contributed by atoms with Crippen molar-refractivity contribution in [2.75, 3.05) is 5.43 Å². The van der Waals surface area contributed by atoms with E-state index in [1.807, 2.05) is 91.0 Å². The molecule has 0 spiro atoms. The van der Waals surface area contributed by atoms with Crippen LogP contribution in [0.3, 0.4) is 0 Å². The number of anilines is 1. The van der Waals surface area contributed by atoms with Gasteiger partial charge >= 0.3 is 0 Å². The summed E-state index contributed by atoms with van der Waals surface area (Å²) in [5, 5.41) is 15.2. The van der Waals surface area contributed by atoms with Crippen molar-refractivity contribution in [1.82, 2.24) is 0 Å². The Kier molecular flexibility index (Phi) is 5.96. The number of aliphatic hydroxyl groups excluding tert-OH is 1. The second-order valence-corrected chi connectivity index (χ2v) is 5.95. The fourth-order valence-corrected chi connectivity index (χ4v) is 2.64. The van der Waals surface area contributed by atoms with Gasteiger partial charge in [0.25, 0.3) is 0 Å². The van der Waals surface area contributed by atoms with Crippen LogP contribution in [0.2, 0.25) is 0 Å². The third-order valence-corrected chi connectivity index (χ3v) is 3.99. The molecule has 2 N–H and O–H groups in total. The normalized spacial score (nSPS) is 12.6. The Morgan fingerprint density at radius 3 is 1.88 bits per heavy atom. The molecule has 3 heteroatoms. The van der Waals surface area contributed by atoms with Gasteiger partial charge in [0, 0.05) is 12.8 Å². The van der Waals surface area contributed by atoms with Crippen molar-refractivity contribution in [3.8, 4) is 0 Å². The van der Waals surface area contributed by atoms with E-state index in [1.54, 1.807) is 0 Å². The molecule has 0 aromatic heterocycles. The Morgan fingerprint density at radius 1 is 0.760 bits per heavy atom. The number of aliphatic hydroxyl groups is 1. The lowest BCUT2D eigenvalue weighted by molar-refractivity contribution is 0.240. The third kappa shape index (κ3) is 5.30. The van der Waals surface area contributed by atoms with Crippen LogP contribution in [-0.2, 0) is 12.8 Å². The van der Waals surface area contributed by atoms with Crippen molar-refractivity contribution < 1.29 is 5.11 Å². The van der Waals surface area contributed by atoms with E-state index in [2.05, 4.69) is 10.5 Å². The fourth-order valence-electron chi connectivity index (χ4n) is 2.64. The van der Waals surface area contributed by atoms with Gasteiger partial charge in [0.05, 0.1) is 17.5 Å². The quantitative estimate of drug-likeness (QED) is 0.501. The van der Waals surface area contributed by atoms with E-state index in [0.29, 0.717) is 12.8 Å². The Bertz CT molecular complexity index is 786. The molecule has 3 aromatic rings. The molecule has 0 aliphatic heterocycles. The zero-order valence-corrected chi connectivity index (χ0v) is 14.0. The zero-order chi connectivity index (χ0) is 17.3. The van der Waals surface area contributed by atoms with Crippen LogP contribution in [0, 0.1) is 0 Å². The van der Waals surface area contributed by atoms with E-state index in [4.69, 9.17) is 0 Å². The third-order valence-electron chi connectivity index (χ3n) is 3.99. The first-order chi connectivity index (χ1) is 12.3. The summed E-state index contributed by atoms with van der Waals surface area (Å²) >= 11 is 0. The average molecular weight is 330 g/mol. The summed E-state index contributed by atoms with van der Waals surface area (Å²) in [6.07, 6.45) is 0.510. The number of rotatable bonds is 7. The van der Waals surface area contributed by atoms with E-state index in [-0.39, 0.29) is 0 Å². The first kappa shape index (κ1) is 16.9. The maximum absolute atomic E-state index is 10.7. The molecule has 0 aliphatic rings. The van der Waals surface area contributed by atoms with Crippen LogP contribution in [-0.4, -0.2) is 16.9 Å². The minimum absolute atomic E-state index is 0.545. The number of nitrogens with one attached hydrogen (secondary N) is 1. The number of benzene rings is 3. The molecule has 0 aliphatic carbocycles. The highest BCUT2D eigenvalue weighted by molar-refractivity contribution is 5.91. The highest BCUT2D eigenvalue weighted by atomic mass is 16.3. The van der Waals surface area contributed by atoms with Crippen LogP contribution in [0.1, 0.15) is 11.1 Å². The van der Waals surface area contributed by atoms with Crippen molar-refractivity contribution in [2.24, 2.45) is 5.10 Å². The lowest BCUT2D eigenvalue weighted by atomic mass is 9.99. The van der Waals surface area contributed by atoms with Crippen LogP contribution < -0.4 is 5.43 Å². The summed E-state index contributed by atoms with van der Waals surface area (Å²) in [5.74, 6) is 0. The largest absolute Gasteiger partial charge is 0.387 e. The van der Waals surface area contributed by atoms with Crippen LogP contribution in [0.15, 0.2) is 96.1 Å². The molecule has 0 saturated carbocycles. The van der Waals surface area contributed by atoms with Crippen molar-refractivity contribution in [2.45, 2.75) is 18.9 Å². The number of nitrogens with zero attached hydrogens (tertiary/aromatic N) is 1. The van der Waals surface area contributed by atoms with Crippen molar-refractivity contribution in [3.63, 3.8) is 0 Å². The molecule has 0 bridgehead atoms. The maximum atomic E-state index is 10.7. The van der Waals surface area contributed by atoms with Crippen LogP contribution in [0.5, 0.6) is 0 Å². The minimum Gasteiger partial charge on any atom is -0.387 e. The van der Waals surface area contributed by atoms with Crippen LogP contribution in [0.25, 0.3) is 0 Å². The van der Waals surface area contributed by atoms with Gasteiger partial charge in [-0.1, -0.05) is 78.9 Å².